The van der Waals surface area contributed by atoms with Gasteiger partial charge in [0.15, 0.2) is 0 Å². The highest BCUT2D eigenvalue weighted by Gasteiger charge is 2.50. The summed E-state index contributed by atoms with van der Waals surface area (Å²) in [4.78, 5) is 0. The lowest BCUT2D eigenvalue weighted by Crippen LogP contribution is -2.41. The second-order valence-corrected chi connectivity index (χ2v) is 7.09. The van der Waals surface area contributed by atoms with Crippen molar-refractivity contribution in [3.63, 3.8) is 0 Å². The minimum absolute atomic E-state index is 0.0963. The van der Waals surface area contributed by atoms with E-state index in [1.165, 1.54) is 22.3 Å². The summed E-state index contributed by atoms with van der Waals surface area (Å²) in [5, 5.41) is 0. The Bertz CT molecular complexity index is 490. The molecule has 0 bridgehead atoms. The summed E-state index contributed by atoms with van der Waals surface area (Å²) in [5.74, 6) is 0. The average molecular weight is 274 g/mol. The maximum absolute atomic E-state index is 6.06. The third kappa shape index (κ3) is 2.94. The highest BCUT2D eigenvalue weighted by atomic mass is 16.7. The van der Waals surface area contributed by atoms with E-state index in [9.17, 15) is 0 Å². The number of aryl methyl sites for hydroxylation is 4. The molecule has 0 amide bonds. The Morgan fingerprint density at radius 1 is 0.850 bits per heavy atom. The molecule has 0 radical (unpaired) electrons. The predicted molar refractivity (Wildman–Crippen MR) is 85.2 cm³/mol. The zero-order valence-corrected chi connectivity index (χ0v) is 14.0. The molecule has 2 rings (SSSR count). The number of hydrogen-bond donors (Lipinski definition) is 0. The molecule has 3 heteroatoms. The van der Waals surface area contributed by atoms with E-state index in [1.807, 2.05) is 0 Å². The van der Waals surface area contributed by atoms with Crippen molar-refractivity contribution in [2.24, 2.45) is 0 Å². The van der Waals surface area contributed by atoms with Gasteiger partial charge in [-0.25, -0.2) is 0 Å². The van der Waals surface area contributed by atoms with Crippen LogP contribution in [0.5, 0.6) is 0 Å². The first-order valence-electron chi connectivity index (χ1n) is 7.55. The maximum Gasteiger partial charge on any atom is 0.458 e. The quantitative estimate of drug-likeness (QED) is 0.767. The Balaban J connectivity index is 2.03. The molecule has 1 aliphatic heterocycles. The highest BCUT2D eigenvalue weighted by molar-refractivity contribution is 6.45. The summed E-state index contributed by atoms with van der Waals surface area (Å²) in [6.45, 7) is 14.9. The molecule has 0 atom stereocenters. The van der Waals surface area contributed by atoms with Gasteiger partial charge in [0.2, 0.25) is 0 Å². The average Bonchev–Trinajstić information content (AvgIpc) is 2.51. The van der Waals surface area contributed by atoms with Crippen molar-refractivity contribution in [2.45, 2.75) is 72.4 Å². The summed E-state index contributed by atoms with van der Waals surface area (Å²) in [6.07, 6.45) is 1.92. The van der Waals surface area contributed by atoms with Crippen LogP contribution in [0.1, 0.15) is 49.9 Å². The van der Waals surface area contributed by atoms with Crippen LogP contribution in [-0.4, -0.2) is 18.3 Å². The fourth-order valence-electron chi connectivity index (χ4n) is 2.65. The lowest BCUT2D eigenvalue weighted by atomic mass is 9.80. The van der Waals surface area contributed by atoms with Crippen molar-refractivity contribution < 1.29 is 9.31 Å². The molecule has 0 spiro atoms. The van der Waals surface area contributed by atoms with Gasteiger partial charge in [0.05, 0.1) is 11.2 Å². The van der Waals surface area contributed by atoms with Gasteiger partial charge in [0, 0.05) is 0 Å². The SMILES string of the molecule is Cc1cc(C)c(CCB2OC(C)(C)C(C)(C)O2)cc1C. The Morgan fingerprint density at radius 3 is 1.90 bits per heavy atom. The number of benzene rings is 1. The van der Waals surface area contributed by atoms with Crippen molar-refractivity contribution >= 4 is 7.12 Å². The molecule has 0 aliphatic carbocycles. The largest absolute Gasteiger partial charge is 0.458 e. The van der Waals surface area contributed by atoms with Crippen molar-refractivity contribution in [3.8, 4) is 0 Å². The summed E-state index contributed by atoms with van der Waals surface area (Å²) in [7, 11) is -0.0963. The van der Waals surface area contributed by atoms with Gasteiger partial charge < -0.3 is 9.31 Å². The van der Waals surface area contributed by atoms with Crippen molar-refractivity contribution in [1.29, 1.82) is 0 Å². The van der Waals surface area contributed by atoms with Crippen LogP contribution in [-0.2, 0) is 15.7 Å². The Hall–Kier alpha value is -0.795. The van der Waals surface area contributed by atoms with Gasteiger partial charge in [0.25, 0.3) is 0 Å². The first kappa shape index (κ1) is 15.6. The Kier molecular flexibility index (Phi) is 4.05. The standard InChI is InChI=1S/C17H27BO2/c1-12-10-14(3)15(11-13(12)2)8-9-18-19-16(4,5)17(6,7)20-18/h10-11H,8-9H2,1-7H3. The molecular weight excluding hydrogens is 247 g/mol. The van der Waals surface area contributed by atoms with E-state index < -0.39 is 0 Å². The van der Waals surface area contributed by atoms with Crippen LogP contribution in [0.25, 0.3) is 0 Å². The van der Waals surface area contributed by atoms with Gasteiger partial charge in [-0.2, -0.15) is 0 Å². The molecule has 1 heterocycles. The molecule has 1 aromatic rings. The monoisotopic (exact) mass is 274 g/mol. The van der Waals surface area contributed by atoms with Crippen LogP contribution in [0.4, 0.5) is 0 Å². The molecule has 1 aliphatic rings. The van der Waals surface area contributed by atoms with Crippen LogP contribution in [0.15, 0.2) is 12.1 Å². The molecule has 0 unspecified atom stereocenters. The first-order valence-corrected chi connectivity index (χ1v) is 7.55. The van der Waals surface area contributed by atoms with Gasteiger partial charge in [0.1, 0.15) is 0 Å². The van der Waals surface area contributed by atoms with E-state index in [0.29, 0.717) is 0 Å². The molecule has 0 aromatic heterocycles. The summed E-state index contributed by atoms with van der Waals surface area (Å²) >= 11 is 0. The Morgan fingerprint density at radius 2 is 1.35 bits per heavy atom. The van der Waals surface area contributed by atoms with Crippen LogP contribution in [0.3, 0.4) is 0 Å². The zero-order chi connectivity index (χ0) is 15.1. The minimum Gasteiger partial charge on any atom is -0.403 e. The second kappa shape index (κ2) is 5.20. The van der Waals surface area contributed by atoms with Crippen LogP contribution < -0.4 is 0 Å². The van der Waals surface area contributed by atoms with Crippen LogP contribution >= 0.6 is 0 Å². The maximum atomic E-state index is 6.06. The Labute approximate surface area is 124 Å². The van der Waals surface area contributed by atoms with E-state index >= 15 is 0 Å². The summed E-state index contributed by atoms with van der Waals surface area (Å²) in [5.41, 5.74) is 5.04. The van der Waals surface area contributed by atoms with Gasteiger partial charge in [-0.05, 0) is 83.5 Å². The van der Waals surface area contributed by atoms with E-state index in [2.05, 4.69) is 60.6 Å². The lowest BCUT2D eigenvalue weighted by Gasteiger charge is -2.32. The molecule has 20 heavy (non-hydrogen) atoms. The summed E-state index contributed by atoms with van der Waals surface area (Å²) < 4.78 is 12.1. The second-order valence-electron chi connectivity index (χ2n) is 7.09. The minimum atomic E-state index is -0.226. The molecular formula is C17H27BO2. The number of hydrogen-bond acceptors (Lipinski definition) is 2. The van der Waals surface area contributed by atoms with E-state index in [4.69, 9.17) is 9.31 Å². The molecule has 0 N–H and O–H groups in total. The predicted octanol–water partition coefficient (Wildman–Crippen LogP) is 4.25. The topological polar surface area (TPSA) is 18.5 Å². The van der Waals surface area contributed by atoms with Crippen LogP contribution in [0.2, 0.25) is 6.32 Å². The normalized spacial score (nSPS) is 20.4. The third-order valence-electron chi connectivity index (χ3n) is 4.90. The van der Waals surface area contributed by atoms with Gasteiger partial charge in [-0.3, -0.25) is 0 Å². The molecule has 1 aromatic carbocycles. The molecule has 1 saturated heterocycles. The van der Waals surface area contributed by atoms with E-state index in [0.717, 1.165) is 12.7 Å². The number of rotatable bonds is 3. The molecule has 0 saturated carbocycles. The lowest BCUT2D eigenvalue weighted by molar-refractivity contribution is 0.00578. The van der Waals surface area contributed by atoms with Crippen LogP contribution in [0, 0.1) is 20.8 Å². The molecule has 2 nitrogen and oxygen atoms in total. The molecule has 110 valence electrons. The first-order chi connectivity index (χ1) is 9.12. The van der Waals surface area contributed by atoms with Gasteiger partial charge >= 0.3 is 7.12 Å². The highest BCUT2D eigenvalue weighted by Crippen LogP contribution is 2.38. The third-order valence-corrected chi connectivity index (χ3v) is 4.90. The fraction of sp³-hybridized carbons (Fsp3) is 0.647. The molecule has 1 fully saturated rings. The van der Waals surface area contributed by atoms with Crippen molar-refractivity contribution in [2.75, 3.05) is 0 Å². The fourth-order valence-corrected chi connectivity index (χ4v) is 2.65. The van der Waals surface area contributed by atoms with Crippen molar-refractivity contribution in [1.82, 2.24) is 0 Å². The zero-order valence-electron chi connectivity index (χ0n) is 14.0. The summed E-state index contributed by atoms with van der Waals surface area (Å²) in [6, 6.07) is 4.57. The van der Waals surface area contributed by atoms with Gasteiger partial charge in [-0.15, -0.1) is 0 Å². The van der Waals surface area contributed by atoms with Gasteiger partial charge in [-0.1, -0.05) is 12.1 Å². The van der Waals surface area contributed by atoms with Crippen molar-refractivity contribution in [3.05, 3.63) is 34.4 Å². The van der Waals surface area contributed by atoms with E-state index in [-0.39, 0.29) is 18.3 Å². The smallest absolute Gasteiger partial charge is 0.403 e. The van der Waals surface area contributed by atoms with E-state index in [1.54, 1.807) is 0 Å².